The van der Waals surface area contributed by atoms with Crippen LogP contribution in [-0.4, -0.2) is 50.6 Å². The molecule has 23 heavy (non-hydrogen) atoms. The van der Waals surface area contributed by atoms with Crippen molar-refractivity contribution in [1.29, 1.82) is 0 Å². The molecule has 0 spiro atoms. The number of nitrogens with zero attached hydrogens (tertiary/aromatic N) is 2. The standard InChI is InChI=1S/C18H32N4S/c1-6-19-17(20-12-15(22(4)5)14-9-10-14)21-13-18(2,3)16-8-7-11-23-16/h7-8,11,14-15H,6,9-10,12-13H2,1-5H3,(H2,19,20,21). The topological polar surface area (TPSA) is 39.7 Å². The fourth-order valence-electron chi connectivity index (χ4n) is 2.81. The summed E-state index contributed by atoms with van der Waals surface area (Å²) in [5, 5.41) is 9.06. The monoisotopic (exact) mass is 336 g/mol. The zero-order chi connectivity index (χ0) is 16.9. The van der Waals surface area contributed by atoms with E-state index in [0.717, 1.165) is 31.5 Å². The molecule has 5 heteroatoms. The minimum absolute atomic E-state index is 0.0773. The summed E-state index contributed by atoms with van der Waals surface area (Å²) in [7, 11) is 4.35. The number of rotatable bonds is 8. The van der Waals surface area contributed by atoms with E-state index < -0.39 is 0 Å². The van der Waals surface area contributed by atoms with Crippen molar-refractivity contribution in [2.75, 3.05) is 33.7 Å². The van der Waals surface area contributed by atoms with Crippen LogP contribution in [0.15, 0.2) is 22.5 Å². The van der Waals surface area contributed by atoms with Gasteiger partial charge >= 0.3 is 0 Å². The summed E-state index contributed by atoms with van der Waals surface area (Å²) in [5.74, 6) is 1.78. The smallest absolute Gasteiger partial charge is 0.191 e. The van der Waals surface area contributed by atoms with E-state index in [1.165, 1.54) is 17.7 Å². The number of thiophene rings is 1. The maximum Gasteiger partial charge on any atom is 0.191 e. The maximum atomic E-state index is 4.83. The van der Waals surface area contributed by atoms with Crippen molar-refractivity contribution >= 4 is 17.3 Å². The Hall–Kier alpha value is -1.07. The lowest BCUT2D eigenvalue weighted by Gasteiger charge is -2.26. The Balaban J connectivity index is 1.94. The van der Waals surface area contributed by atoms with Gasteiger partial charge in [-0.15, -0.1) is 11.3 Å². The third-order valence-electron chi connectivity index (χ3n) is 4.47. The summed E-state index contributed by atoms with van der Waals surface area (Å²) in [4.78, 5) is 8.56. The van der Waals surface area contributed by atoms with E-state index in [-0.39, 0.29) is 5.41 Å². The molecule has 0 radical (unpaired) electrons. The van der Waals surface area contributed by atoms with Crippen LogP contribution in [0.2, 0.25) is 0 Å². The summed E-state index contributed by atoms with van der Waals surface area (Å²) in [5.41, 5.74) is 0.0773. The molecule has 0 aliphatic heterocycles. The molecule has 1 atom stereocenters. The molecular formula is C18H32N4S. The van der Waals surface area contributed by atoms with Crippen LogP contribution >= 0.6 is 11.3 Å². The minimum atomic E-state index is 0.0773. The molecule has 0 saturated heterocycles. The first-order valence-electron chi connectivity index (χ1n) is 8.66. The Kier molecular flexibility index (Phi) is 6.48. The minimum Gasteiger partial charge on any atom is -0.357 e. The molecule has 1 aliphatic rings. The molecule has 1 aliphatic carbocycles. The molecule has 2 rings (SSSR count). The normalized spacial score (nSPS) is 17.4. The molecule has 2 N–H and O–H groups in total. The van der Waals surface area contributed by atoms with Crippen LogP contribution in [0, 0.1) is 5.92 Å². The Morgan fingerprint density at radius 1 is 1.39 bits per heavy atom. The SMILES string of the molecule is CCNC(=NCC(C)(C)c1cccs1)NCC(C1CC1)N(C)C. The zero-order valence-electron chi connectivity index (χ0n) is 15.2. The van der Waals surface area contributed by atoms with E-state index in [2.05, 4.69) is 67.9 Å². The van der Waals surface area contributed by atoms with Crippen LogP contribution in [0.1, 0.15) is 38.5 Å². The van der Waals surface area contributed by atoms with E-state index >= 15 is 0 Å². The summed E-state index contributed by atoms with van der Waals surface area (Å²) in [6, 6.07) is 4.92. The molecule has 1 aromatic heterocycles. The summed E-state index contributed by atoms with van der Waals surface area (Å²) >= 11 is 1.81. The Morgan fingerprint density at radius 2 is 2.13 bits per heavy atom. The number of aliphatic imine (C=N–C) groups is 1. The lowest BCUT2D eigenvalue weighted by atomic mass is 9.92. The number of hydrogen-bond acceptors (Lipinski definition) is 3. The van der Waals surface area contributed by atoms with Crippen LogP contribution < -0.4 is 10.6 Å². The van der Waals surface area contributed by atoms with Gasteiger partial charge in [0.25, 0.3) is 0 Å². The van der Waals surface area contributed by atoms with Crippen molar-refractivity contribution in [1.82, 2.24) is 15.5 Å². The van der Waals surface area contributed by atoms with E-state index in [1.54, 1.807) is 0 Å². The fourth-order valence-corrected chi connectivity index (χ4v) is 3.66. The molecular weight excluding hydrogens is 304 g/mol. The number of likely N-dealkylation sites (N-methyl/N-ethyl adjacent to an activating group) is 1. The molecule has 1 aromatic rings. The van der Waals surface area contributed by atoms with Crippen LogP contribution in [0.25, 0.3) is 0 Å². The molecule has 1 unspecified atom stereocenters. The lowest BCUT2D eigenvalue weighted by Crippen LogP contribution is -2.46. The quantitative estimate of drug-likeness (QED) is 0.566. The lowest BCUT2D eigenvalue weighted by molar-refractivity contribution is 0.264. The number of hydrogen-bond donors (Lipinski definition) is 2. The van der Waals surface area contributed by atoms with Gasteiger partial charge in [0.15, 0.2) is 5.96 Å². The van der Waals surface area contributed by atoms with E-state index in [0.29, 0.717) is 6.04 Å². The Morgan fingerprint density at radius 3 is 2.65 bits per heavy atom. The van der Waals surface area contributed by atoms with Gasteiger partial charge in [-0.2, -0.15) is 0 Å². The van der Waals surface area contributed by atoms with E-state index in [4.69, 9.17) is 4.99 Å². The third-order valence-corrected chi connectivity index (χ3v) is 5.71. The molecule has 4 nitrogen and oxygen atoms in total. The highest BCUT2D eigenvalue weighted by molar-refractivity contribution is 7.10. The first kappa shape index (κ1) is 18.3. The number of nitrogens with one attached hydrogen (secondary N) is 2. The van der Waals surface area contributed by atoms with Gasteiger partial charge in [0.2, 0.25) is 0 Å². The van der Waals surface area contributed by atoms with E-state index in [9.17, 15) is 0 Å². The van der Waals surface area contributed by atoms with Gasteiger partial charge in [-0.25, -0.2) is 0 Å². The molecule has 0 bridgehead atoms. The summed E-state index contributed by atoms with van der Waals surface area (Å²) in [6.45, 7) is 9.28. The first-order chi connectivity index (χ1) is 10.9. The Bertz CT molecular complexity index is 487. The van der Waals surface area contributed by atoms with Gasteiger partial charge in [0.1, 0.15) is 0 Å². The van der Waals surface area contributed by atoms with Crippen LogP contribution in [0.4, 0.5) is 0 Å². The van der Waals surface area contributed by atoms with Gasteiger partial charge in [-0.05, 0) is 51.2 Å². The second-order valence-electron chi connectivity index (χ2n) is 7.31. The van der Waals surface area contributed by atoms with Crippen molar-refractivity contribution in [3.8, 4) is 0 Å². The summed E-state index contributed by atoms with van der Waals surface area (Å²) < 4.78 is 0. The van der Waals surface area contributed by atoms with Crippen molar-refractivity contribution < 1.29 is 0 Å². The van der Waals surface area contributed by atoms with Crippen molar-refractivity contribution in [2.45, 2.75) is 45.1 Å². The molecule has 1 heterocycles. The average molecular weight is 337 g/mol. The third kappa shape index (κ3) is 5.50. The number of guanidine groups is 1. The van der Waals surface area contributed by atoms with Gasteiger partial charge in [-0.1, -0.05) is 19.9 Å². The predicted molar refractivity (Wildman–Crippen MR) is 102 cm³/mol. The van der Waals surface area contributed by atoms with Crippen molar-refractivity contribution in [3.63, 3.8) is 0 Å². The second-order valence-corrected chi connectivity index (χ2v) is 8.25. The molecule has 1 saturated carbocycles. The second kappa shape index (κ2) is 8.15. The highest BCUT2D eigenvalue weighted by Crippen LogP contribution is 2.34. The molecule has 1 fully saturated rings. The van der Waals surface area contributed by atoms with Gasteiger partial charge in [0, 0.05) is 29.4 Å². The summed E-state index contributed by atoms with van der Waals surface area (Å²) in [6.07, 6.45) is 2.73. The molecule has 0 aromatic carbocycles. The van der Waals surface area contributed by atoms with Crippen LogP contribution in [-0.2, 0) is 5.41 Å². The first-order valence-corrected chi connectivity index (χ1v) is 9.54. The molecule has 130 valence electrons. The van der Waals surface area contributed by atoms with Crippen molar-refractivity contribution in [3.05, 3.63) is 22.4 Å². The Labute approximate surface area is 145 Å². The maximum absolute atomic E-state index is 4.83. The highest BCUT2D eigenvalue weighted by Gasteiger charge is 2.32. The highest BCUT2D eigenvalue weighted by atomic mass is 32.1. The largest absolute Gasteiger partial charge is 0.357 e. The fraction of sp³-hybridized carbons (Fsp3) is 0.722. The van der Waals surface area contributed by atoms with Gasteiger partial charge < -0.3 is 15.5 Å². The van der Waals surface area contributed by atoms with Crippen LogP contribution in [0.3, 0.4) is 0 Å². The van der Waals surface area contributed by atoms with Crippen molar-refractivity contribution in [2.24, 2.45) is 10.9 Å². The van der Waals surface area contributed by atoms with Gasteiger partial charge in [0.05, 0.1) is 6.54 Å². The predicted octanol–water partition coefficient (Wildman–Crippen LogP) is 2.92. The zero-order valence-corrected chi connectivity index (χ0v) is 16.0. The van der Waals surface area contributed by atoms with E-state index in [1.807, 2.05) is 11.3 Å². The van der Waals surface area contributed by atoms with Crippen LogP contribution in [0.5, 0.6) is 0 Å². The molecule has 0 amide bonds. The average Bonchev–Trinajstić information content (AvgIpc) is 3.15. The van der Waals surface area contributed by atoms with Gasteiger partial charge in [-0.3, -0.25) is 4.99 Å².